The fourth-order valence-corrected chi connectivity index (χ4v) is 1.88. The Morgan fingerprint density at radius 3 is 2.62 bits per heavy atom. The standard InChI is InChI=1S/C10H13BO.C2H6OS/c1-3-10-8-6-4-5-7-9(8)11(2)12-10;1-4-2-3/h4-7,10H,3H2,1-2H3;3H,2H2,1H3/t10-;/m1./s1. The number of benzene rings is 1. The van der Waals surface area contributed by atoms with Crippen molar-refractivity contribution in [3.05, 3.63) is 29.8 Å². The largest absolute Gasteiger partial charge is 0.424 e. The molecule has 88 valence electrons. The third-order valence-electron chi connectivity index (χ3n) is 2.65. The first-order valence-electron chi connectivity index (χ1n) is 5.58. The van der Waals surface area contributed by atoms with Crippen molar-refractivity contribution in [1.29, 1.82) is 0 Å². The van der Waals surface area contributed by atoms with Gasteiger partial charge in [-0.05, 0) is 23.7 Å². The van der Waals surface area contributed by atoms with Crippen LogP contribution in [0.4, 0.5) is 0 Å². The van der Waals surface area contributed by atoms with Gasteiger partial charge in [0.25, 0.3) is 0 Å². The van der Waals surface area contributed by atoms with Crippen LogP contribution in [0.3, 0.4) is 0 Å². The molecular weight excluding hydrogens is 219 g/mol. The van der Waals surface area contributed by atoms with Crippen molar-refractivity contribution in [2.24, 2.45) is 0 Å². The molecule has 16 heavy (non-hydrogen) atoms. The summed E-state index contributed by atoms with van der Waals surface area (Å²) >= 11 is 1.41. The number of hydrogen-bond acceptors (Lipinski definition) is 3. The molecule has 0 saturated heterocycles. The first kappa shape index (κ1) is 13.6. The molecule has 1 atom stereocenters. The van der Waals surface area contributed by atoms with E-state index in [-0.39, 0.29) is 12.9 Å². The summed E-state index contributed by atoms with van der Waals surface area (Å²) in [5.74, 6) is 0.236. The van der Waals surface area contributed by atoms with Gasteiger partial charge in [-0.1, -0.05) is 38.0 Å². The van der Waals surface area contributed by atoms with Gasteiger partial charge < -0.3 is 9.76 Å². The van der Waals surface area contributed by atoms with Crippen LogP contribution in [-0.4, -0.2) is 24.2 Å². The van der Waals surface area contributed by atoms with E-state index in [9.17, 15) is 0 Å². The Balaban J connectivity index is 0.000000280. The zero-order chi connectivity index (χ0) is 12.0. The van der Waals surface area contributed by atoms with E-state index in [1.165, 1.54) is 22.8 Å². The van der Waals surface area contributed by atoms with Gasteiger partial charge >= 0.3 is 6.92 Å². The fraction of sp³-hybridized carbons (Fsp3) is 0.500. The molecule has 2 nitrogen and oxygen atoms in total. The Morgan fingerprint density at radius 1 is 1.44 bits per heavy atom. The Bertz CT molecular complexity index is 318. The van der Waals surface area contributed by atoms with Gasteiger partial charge in [0.05, 0.1) is 12.0 Å². The molecule has 0 amide bonds. The van der Waals surface area contributed by atoms with E-state index < -0.39 is 0 Å². The van der Waals surface area contributed by atoms with Crippen LogP contribution in [0.25, 0.3) is 0 Å². The molecule has 4 heteroatoms. The van der Waals surface area contributed by atoms with E-state index >= 15 is 0 Å². The monoisotopic (exact) mass is 238 g/mol. The van der Waals surface area contributed by atoms with Crippen LogP contribution in [0.1, 0.15) is 25.0 Å². The van der Waals surface area contributed by atoms with Crippen molar-refractivity contribution >= 4 is 24.1 Å². The molecule has 0 unspecified atom stereocenters. The van der Waals surface area contributed by atoms with Crippen LogP contribution in [0.2, 0.25) is 6.82 Å². The second-order valence-corrected chi connectivity index (χ2v) is 4.56. The average Bonchev–Trinajstić information content (AvgIpc) is 2.67. The lowest BCUT2D eigenvalue weighted by molar-refractivity contribution is 0.221. The topological polar surface area (TPSA) is 29.5 Å². The van der Waals surface area contributed by atoms with Gasteiger partial charge in [-0.25, -0.2) is 0 Å². The highest BCUT2D eigenvalue weighted by Crippen LogP contribution is 2.26. The first-order valence-corrected chi connectivity index (χ1v) is 6.98. The Hall–Kier alpha value is -0.445. The predicted molar refractivity (Wildman–Crippen MR) is 72.4 cm³/mol. The lowest BCUT2D eigenvalue weighted by Crippen LogP contribution is -2.23. The molecule has 1 aliphatic heterocycles. The molecule has 0 fully saturated rings. The van der Waals surface area contributed by atoms with Crippen molar-refractivity contribution < 1.29 is 9.76 Å². The van der Waals surface area contributed by atoms with Crippen molar-refractivity contribution in [2.45, 2.75) is 26.3 Å². The molecule has 0 aromatic heterocycles. The average molecular weight is 238 g/mol. The zero-order valence-corrected chi connectivity index (χ0v) is 11.0. The van der Waals surface area contributed by atoms with Crippen LogP contribution < -0.4 is 5.46 Å². The number of thioether (sulfide) groups is 1. The summed E-state index contributed by atoms with van der Waals surface area (Å²) in [4.78, 5) is 0. The van der Waals surface area contributed by atoms with Crippen molar-refractivity contribution in [2.75, 3.05) is 12.2 Å². The highest BCUT2D eigenvalue weighted by Gasteiger charge is 2.29. The molecule has 0 spiro atoms. The predicted octanol–water partition coefficient (Wildman–Crippen LogP) is 2.30. The van der Waals surface area contributed by atoms with Gasteiger partial charge in [-0.2, -0.15) is 0 Å². The smallest absolute Gasteiger partial charge is 0.324 e. The lowest BCUT2D eigenvalue weighted by Gasteiger charge is -2.08. The Labute approximate surface area is 103 Å². The van der Waals surface area contributed by atoms with Crippen LogP contribution in [0.5, 0.6) is 0 Å². The summed E-state index contributed by atoms with van der Waals surface area (Å²) < 4.78 is 5.78. The zero-order valence-electron chi connectivity index (χ0n) is 10.1. The van der Waals surface area contributed by atoms with Crippen molar-refractivity contribution in [3.8, 4) is 0 Å². The van der Waals surface area contributed by atoms with Crippen molar-refractivity contribution in [1.82, 2.24) is 0 Å². The van der Waals surface area contributed by atoms with E-state index in [1.807, 2.05) is 6.26 Å². The fourth-order valence-electron chi connectivity index (χ4n) is 1.88. The van der Waals surface area contributed by atoms with Gasteiger partial charge in [0.1, 0.15) is 0 Å². The number of hydrogen-bond donors (Lipinski definition) is 1. The maximum Gasteiger partial charge on any atom is 0.324 e. The molecule has 1 N–H and O–H groups in total. The van der Waals surface area contributed by atoms with Gasteiger partial charge in [0, 0.05) is 0 Å². The third-order valence-corrected chi connectivity index (χ3v) is 2.91. The van der Waals surface area contributed by atoms with Gasteiger partial charge in [0.15, 0.2) is 0 Å². The highest BCUT2D eigenvalue weighted by atomic mass is 32.2. The summed E-state index contributed by atoms with van der Waals surface area (Å²) in [6.07, 6.45) is 3.25. The summed E-state index contributed by atoms with van der Waals surface area (Å²) in [6.45, 7) is 4.57. The summed E-state index contributed by atoms with van der Waals surface area (Å²) in [6, 6.07) is 8.50. The summed E-state index contributed by atoms with van der Waals surface area (Å²) in [5.41, 5.74) is 2.75. The van der Waals surface area contributed by atoms with Gasteiger partial charge in [-0.15, -0.1) is 11.8 Å². The molecule has 0 aliphatic carbocycles. The van der Waals surface area contributed by atoms with Gasteiger partial charge in [0.2, 0.25) is 0 Å². The molecule has 1 aromatic carbocycles. The molecule has 0 radical (unpaired) electrons. The number of aliphatic hydroxyl groups excluding tert-OH is 1. The number of fused-ring (bicyclic) bond motifs is 1. The van der Waals surface area contributed by atoms with E-state index in [0.717, 1.165) is 6.42 Å². The molecule has 0 saturated carbocycles. The normalized spacial score (nSPS) is 17.8. The van der Waals surface area contributed by atoms with Crippen LogP contribution >= 0.6 is 11.8 Å². The number of rotatable bonds is 2. The molecule has 2 rings (SSSR count). The van der Waals surface area contributed by atoms with E-state index in [4.69, 9.17) is 9.76 Å². The summed E-state index contributed by atoms with van der Waals surface area (Å²) in [5, 5.41) is 7.84. The van der Waals surface area contributed by atoms with E-state index in [1.54, 1.807) is 0 Å². The second-order valence-electron chi connectivity index (χ2n) is 3.72. The second kappa shape index (κ2) is 6.99. The van der Waals surface area contributed by atoms with E-state index in [2.05, 4.69) is 38.0 Å². The molecular formula is C12H19BO2S. The lowest BCUT2D eigenvalue weighted by atomic mass is 9.64. The SMILES string of the molecule is CC[C@H]1OB(C)c2ccccc21.CSCO. The Morgan fingerprint density at radius 2 is 2.06 bits per heavy atom. The quantitative estimate of drug-likeness (QED) is 0.633. The molecule has 1 aliphatic rings. The van der Waals surface area contributed by atoms with Gasteiger partial charge in [-0.3, -0.25) is 0 Å². The van der Waals surface area contributed by atoms with E-state index in [0.29, 0.717) is 6.10 Å². The van der Waals surface area contributed by atoms with Crippen molar-refractivity contribution in [3.63, 3.8) is 0 Å². The minimum Gasteiger partial charge on any atom is -0.424 e. The molecule has 0 bridgehead atoms. The first-order chi connectivity index (χ1) is 7.74. The van der Waals surface area contributed by atoms with Crippen LogP contribution in [0.15, 0.2) is 24.3 Å². The van der Waals surface area contributed by atoms with Crippen LogP contribution in [0, 0.1) is 0 Å². The highest BCUT2D eigenvalue weighted by molar-refractivity contribution is 7.98. The summed E-state index contributed by atoms with van der Waals surface area (Å²) in [7, 11) is 0. The minimum atomic E-state index is 0.236. The molecule has 1 aromatic rings. The maximum atomic E-state index is 7.84. The maximum absolute atomic E-state index is 7.84. The third kappa shape index (κ3) is 3.27. The Kier molecular flexibility index (Phi) is 5.95. The van der Waals surface area contributed by atoms with Crippen LogP contribution in [-0.2, 0) is 4.65 Å². The minimum absolute atomic E-state index is 0.236. The molecule has 1 heterocycles. The number of aliphatic hydroxyl groups is 1.